The minimum Gasteiger partial charge on any atom is -0.314 e. The third-order valence-electron chi connectivity index (χ3n) is 3.66. The molecule has 0 aliphatic heterocycles. The molecule has 16 heavy (non-hydrogen) atoms. The lowest BCUT2D eigenvalue weighted by molar-refractivity contribution is 0.319. The van der Waals surface area contributed by atoms with E-state index in [2.05, 4.69) is 35.0 Å². The van der Waals surface area contributed by atoms with Crippen LogP contribution in [0.4, 0.5) is 0 Å². The van der Waals surface area contributed by atoms with Gasteiger partial charge >= 0.3 is 0 Å². The Kier molecular flexibility index (Phi) is 3.99. The van der Waals surface area contributed by atoms with Gasteiger partial charge in [0.15, 0.2) is 0 Å². The molecular weight excluding hydrogens is 198 g/mol. The Bertz CT molecular complexity index is 317. The van der Waals surface area contributed by atoms with Crippen LogP contribution < -0.4 is 5.32 Å². The van der Waals surface area contributed by atoms with Crippen molar-refractivity contribution >= 4 is 0 Å². The van der Waals surface area contributed by atoms with E-state index in [9.17, 15) is 0 Å². The maximum absolute atomic E-state index is 4.39. The van der Waals surface area contributed by atoms with Crippen molar-refractivity contribution in [2.45, 2.75) is 58.0 Å². The fourth-order valence-corrected chi connectivity index (χ4v) is 2.91. The topological polar surface area (TPSA) is 29.9 Å². The maximum Gasteiger partial charge on any atom is 0.0492 e. The fraction of sp³-hybridized carbons (Fsp3) is 0.769. The third-order valence-corrected chi connectivity index (χ3v) is 3.66. The van der Waals surface area contributed by atoms with Crippen molar-refractivity contribution in [2.24, 2.45) is 0 Å². The van der Waals surface area contributed by atoms with E-state index in [0.717, 1.165) is 13.1 Å². The molecule has 3 heteroatoms. The van der Waals surface area contributed by atoms with Crippen molar-refractivity contribution < 1.29 is 0 Å². The second-order valence-corrected chi connectivity index (χ2v) is 4.63. The predicted molar refractivity (Wildman–Crippen MR) is 66.6 cm³/mol. The van der Waals surface area contributed by atoms with E-state index in [0.29, 0.717) is 12.0 Å². The lowest BCUT2D eigenvalue weighted by Gasteiger charge is -2.32. The summed E-state index contributed by atoms with van der Waals surface area (Å²) in [6.45, 7) is 6.42. The number of hydrogen-bond acceptors (Lipinski definition) is 2. The van der Waals surface area contributed by atoms with Gasteiger partial charge in [0.2, 0.25) is 0 Å². The molecule has 2 rings (SSSR count). The maximum atomic E-state index is 4.39. The van der Waals surface area contributed by atoms with Gasteiger partial charge in [0.25, 0.3) is 0 Å². The van der Waals surface area contributed by atoms with E-state index in [-0.39, 0.29) is 0 Å². The largest absolute Gasteiger partial charge is 0.314 e. The first kappa shape index (κ1) is 11.6. The lowest BCUT2D eigenvalue weighted by atomic mass is 9.82. The Morgan fingerprint density at radius 3 is 2.94 bits per heavy atom. The summed E-state index contributed by atoms with van der Waals surface area (Å²) in [5.74, 6) is 0.663. The average molecular weight is 221 g/mol. The summed E-state index contributed by atoms with van der Waals surface area (Å²) in [5, 5.41) is 8.03. The molecule has 1 N–H and O–H groups in total. The van der Waals surface area contributed by atoms with Crippen molar-refractivity contribution in [2.75, 3.05) is 6.54 Å². The highest BCUT2D eigenvalue weighted by molar-refractivity contribution is 5.12. The fourth-order valence-electron chi connectivity index (χ4n) is 2.91. The van der Waals surface area contributed by atoms with Crippen LogP contribution in [0.3, 0.4) is 0 Å². The van der Waals surface area contributed by atoms with Gasteiger partial charge in [0.1, 0.15) is 0 Å². The van der Waals surface area contributed by atoms with Gasteiger partial charge in [0, 0.05) is 30.4 Å². The smallest absolute Gasteiger partial charge is 0.0492 e. The summed E-state index contributed by atoms with van der Waals surface area (Å²) in [6.07, 6.45) is 7.29. The number of aromatic nitrogens is 2. The second-order valence-electron chi connectivity index (χ2n) is 4.63. The molecule has 1 aliphatic rings. The van der Waals surface area contributed by atoms with Gasteiger partial charge in [-0.3, -0.25) is 4.68 Å². The van der Waals surface area contributed by atoms with Gasteiger partial charge in [-0.2, -0.15) is 5.10 Å². The number of nitrogens with one attached hydrogen (secondary N) is 1. The van der Waals surface area contributed by atoms with Crippen LogP contribution in [0.15, 0.2) is 12.3 Å². The molecule has 0 spiro atoms. The van der Waals surface area contributed by atoms with Crippen LogP contribution in [0.5, 0.6) is 0 Å². The highest BCUT2D eigenvalue weighted by Gasteiger charge is 2.27. The van der Waals surface area contributed by atoms with Crippen LogP contribution in [-0.2, 0) is 6.54 Å². The zero-order valence-electron chi connectivity index (χ0n) is 10.4. The first-order chi connectivity index (χ1) is 7.86. The van der Waals surface area contributed by atoms with Gasteiger partial charge in [0.05, 0.1) is 0 Å². The normalized spacial score (nSPS) is 25.9. The Morgan fingerprint density at radius 2 is 2.19 bits per heavy atom. The van der Waals surface area contributed by atoms with Crippen molar-refractivity contribution in [3.8, 4) is 0 Å². The Labute approximate surface area is 98.2 Å². The molecule has 2 unspecified atom stereocenters. The van der Waals surface area contributed by atoms with E-state index in [1.807, 2.05) is 6.20 Å². The number of hydrogen-bond donors (Lipinski definition) is 1. The molecule has 0 aromatic carbocycles. The van der Waals surface area contributed by atoms with Crippen molar-refractivity contribution in [3.05, 3.63) is 18.0 Å². The molecule has 1 fully saturated rings. The molecule has 3 nitrogen and oxygen atoms in total. The van der Waals surface area contributed by atoms with E-state index < -0.39 is 0 Å². The van der Waals surface area contributed by atoms with Gasteiger partial charge in [-0.05, 0) is 32.4 Å². The van der Waals surface area contributed by atoms with Gasteiger partial charge in [-0.25, -0.2) is 0 Å². The van der Waals surface area contributed by atoms with Crippen molar-refractivity contribution in [1.82, 2.24) is 15.1 Å². The molecule has 0 amide bonds. The molecular formula is C13H23N3. The zero-order valence-corrected chi connectivity index (χ0v) is 10.4. The van der Waals surface area contributed by atoms with Gasteiger partial charge in [-0.1, -0.05) is 19.8 Å². The molecule has 1 aromatic heterocycles. The van der Waals surface area contributed by atoms with Crippen molar-refractivity contribution in [3.63, 3.8) is 0 Å². The number of rotatable bonds is 4. The molecule has 90 valence electrons. The van der Waals surface area contributed by atoms with Crippen LogP contribution in [0.25, 0.3) is 0 Å². The first-order valence-electron chi connectivity index (χ1n) is 6.61. The van der Waals surface area contributed by atoms with Gasteiger partial charge < -0.3 is 5.32 Å². The summed E-state index contributed by atoms with van der Waals surface area (Å²) in [4.78, 5) is 0. The zero-order chi connectivity index (χ0) is 11.4. The van der Waals surface area contributed by atoms with E-state index in [1.54, 1.807) is 0 Å². The van der Waals surface area contributed by atoms with Crippen molar-refractivity contribution in [1.29, 1.82) is 0 Å². The Morgan fingerprint density at radius 1 is 1.38 bits per heavy atom. The molecule has 2 atom stereocenters. The summed E-state index contributed by atoms with van der Waals surface area (Å²) >= 11 is 0. The van der Waals surface area contributed by atoms with E-state index >= 15 is 0 Å². The standard InChI is InChI=1S/C13H23N3/c1-3-14-12-8-6-5-7-11(12)13-9-10-15-16(13)4-2/h9-12,14H,3-8H2,1-2H3. The van der Waals surface area contributed by atoms with E-state index in [4.69, 9.17) is 0 Å². The summed E-state index contributed by atoms with van der Waals surface area (Å²) in [5.41, 5.74) is 1.42. The molecule has 1 aliphatic carbocycles. The molecule has 1 aromatic rings. The van der Waals surface area contributed by atoms with Crippen LogP contribution in [0.2, 0.25) is 0 Å². The van der Waals surface area contributed by atoms with Gasteiger partial charge in [-0.15, -0.1) is 0 Å². The predicted octanol–water partition coefficient (Wildman–Crippen LogP) is 2.54. The van der Waals surface area contributed by atoms with E-state index in [1.165, 1.54) is 31.4 Å². The second kappa shape index (κ2) is 5.48. The average Bonchev–Trinajstić information content (AvgIpc) is 2.78. The quantitative estimate of drug-likeness (QED) is 0.846. The highest BCUT2D eigenvalue weighted by atomic mass is 15.3. The molecule has 0 bridgehead atoms. The number of likely N-dealkylation sites (N-methyl/N-ethyl adjacent to an activating group) is 1. The Balaban J connectivity index is 2.16. The van der Waals surface area contributed by atoms with Crippen LogP contribution in [0, 0.1) is 0 Å². The first-order valence-corrected chi connectivity index (χ1v) is 6.61. The Hall–Kier alpha value is -0.830. The summed E-state index contributed by atoms with van der Waals surface area (Å²) in [6, 6.07) is 2.85. The number of nitrogens with zero attached hydrogens (tertiary/aromatic N) is 2. The SMILES string of the molecule is CCNC1CCCCC1c1ccnn1CC. The highest BCUT2D eigenvalue weighted by Crippen LogP contribution is 2.32. The third kappa shape index (κ3) is 2.29. The minimum atomic E-state index is 0.653. The molecule has 1 heterocycles. The monoisotopic (exact) mass is 221 g/mol. The lowest BCUT2D eigenvalue weighted by Crippen LogP contribution is -2.37. The molecule has 0 saturated heterocycles. The number of aryl methyl sites for hydroxylation is 1. The van der Waals surface area contributed by atoms with Crippen LogP contribution >= 0.6 is 0 Å². The molecule has 0 radical (unpaired) electrons. The van der Waals surface area contributed by atoms with Crippen LogP contribution in [-0.4, -0.2) is 22.4 Å². The summed E-state index contributed by atoms with van der Waals surface area (Å²) < 4.78 is 2.15. The minimum absolute atomic E-state index is 0.653. The molecule has 1 saturated carbocycles. The summed E-state index contributed by atoms with van der Waals surface area (Å²) in [7, 11) is 0. The van der Waals surface area contributed by atoms with Crippen LogP contribution in [0.1, 0.15) is 51.1 Å².